The zero-order valence-corrected chi connectivity index (χ0v) is 9.56. The summed E-state index contributed by atoms with van der Waals surface area (Å²) in [7, 11) is 0. The number of pyridine rings is 1. The molecule has 0 spiro atoms. The van der Waals surface area contributed by atoms with Crippen molar-refractivity contribution in [2.24, 2.45) is 5.73 Å². The lowest BCUT2D eigenvalue weighted by Crippen LogP contribution is -2.02. The normalized spacial score (nSPS) is 11.1. The van der Waals surface area contributed by atoms with Gasteiger partial charge in [0.2, 0.25) is 0 Å². The van der Waals surface area contributed by atoms with Crippen LogP contribution in [0.15, 0.2) is 48.5 Å². The first-order valence-electron chi connectivity index (χ1n) is 5.85. The molecule has 0 aliphatic heterocycles. The number of para-hydroxylation sites is 1. The molecule has 0 aliphatic rings. The first kappa shape index (κ1) is 10.2. The number of hydrogen-bond donors (Lipinski definition) is 1. The van der Waals surface area contributed by atoms with Crippen molar-refractivity contribution in [1.29, 1.82) is 0 Å². The van der Waals surface area contributed by atoms with Crippen LogP contribution >= 0.6 is 0 Å². The van der Waals surface area contributed by atoms with Gasteiger partial charge in [0.1, 0.15) is 0 Å². The summed E-state index contributed by atoms with van der Waals surface area (Å²) in [5, 5.41) is 2.37. The van der Waals surface area contributed by atoms with Gasteiger partial charge in [-0.1, -0.05) is 24.3 Å². The lowest BCUT2D eigenvalue weighted by atomic mass is 10.1. The zero-order valence-electron chi connectivity index (χ0n) is 9.56. The quantitative estimate of drug-likeness (QED) is 0.677. The van der Waals surface area contributed by atoms with Crippen LogP contribution in [0.5, 0.6) is 0 Å². The monoisotopic (exact) mass is 222 g/mol. The average Bonchev–Trinajstić information content (AvgIpc) is 2.36. The third-order valence-corrected chi connectivity index (χ3v) is 3.01. The third-order valence-electron chi connectivity index (χ3n) is 3.01. The molecule has 3 aromatic rings. The van der Waals surface area contributed by atoms with E-state index in [-0.39, 0.29) is 0 Å². The Hall–Kier alpha value is -1.93. The molecular formula is C15H14N2. The van der Waals surface area contributed by atoms with Crippen LogP contribution in [0.1, 0.15) is 5.56 Å². The highest BCUT2D eigenvalue weighted by Crippen LogP contribution is 2.20. The largest absolute Gasteiger partial charge is 0.330 e. The Morgan fingerprint density at radius 1 is 0.882 bits per heavy atom. The average molecular weight is 222 g/mol. The molecule has 0 amide bonds. The molecule has 17 heavy (non-hydrogen) atoms. The van der Waals surface area contributed by atoms with Gasteiger partial charge in [-0.25, -0.2) is 4.98 Å². The summed E-state index contributed by atoms with van der Waals surface area (Å²) < 4.78 is 0. The molecule has 2 N–H and O–H groups in total. The molecular weight excluding hydrogens is 208 g/mol. The molecule has 0 bridgehead atoms. The first-order chi connectivity index (χ1) is 8.36. The van der Waals surface area contributed by atoms with E-state index in [1.165, 1.54) is 16.3 Å². The molecule has 0 atom stereocenters. The van der Waals surface area contributed by atoms with Gasteiger partial charge >= 0.3 is 0 Å². The number of rotatable bonds is 2. The molecule has 1 aromatic heterocycles. The third kappa shape index (κ3) is 1.87. The van der Waals surface area contributed by atoms with Crippen LogP contribution in [-0.4, -0.2) is 11.5 Å². The number of benzene rings is 2. The highest BCUT2D eigenvalue weighted by molar-refractivity contribution is 5.92. The topological polar surface area (TPSA) is 38.9 Å². The van der Waals surface area contributed by atoms with Crippen molar-refractivity contribution < 1.29 is 0 Å². The molecule has 0 aliphatic carbocycles. The zero-order chi connectivity index (χ0) is 11.7. The maximum Gasteiger partial charge on any atom is 0.0709 e. The summed E-state index contributed by atoms with van der Waals surface area (Å²) >= 11 is 0. The lowest BCUT2D eigenvalue weighted by molar-refractivity contribution is 0.971. The standard InChI is InChI=1S/C15H14N2/c16-8-7-11-5-6-15-13(9-11)10-12-3-1-2-4-14(12)17-15/h1-6,9-10H,7-8,16H2. The Labute approximate surface area is 100 Å². The van der Waals surface area contributed by atoms with Crippen molar-refractivity contribution in [3.8, 4) is 0 Å². The SMILES string of the molecule is NCCc1ccc2nc3ccccc3cc2c1. The minimum Gasteiger partial charge on any atom is -0.330 e. The maximum absolute atomic E-state index is 5.58. The van der Waals surface area contributed by atoms with Gasteiger partial charge in [0.15, 0.2) is 0 Å². The van der Waals surface area contributed by atoms with Crippen LogP contribution in [0.3, 0.4) is 0 Å². The molecule has 0 saturated heterocycles. The molecule has 84 valence electrons. The van der Waals surface area contributed by atoms with Gasteiger partial charge in [0, 0.05) is 10.8 Å². The van der Waals surface area contributed by atoms with Crippen LogP contribution in [-0.2, 0) is 6.42 Å². The highest BCUT2D eigenvalue weighted by Gasteiger charge is 2.00. The molecule has 2 nitrogen and oxygen atoms in total. The van der Waals surface area contributed by atoms with Gasteiger partial charge in [0.25, 0.3) is 0 Å². The highest BCUT2D eigenvalue weighted by atomic mass is 14.7. The van der Waals surface area contributed by atoms with Gasteiger partial charge in [0.05, 0.1) is 11.0 Å². The molecule has 0 unspecified atom stereocenters. The number of hydrogen-bond acceptors (Lipinski definition) is 2. The fourth-order valence-corrected chi connectivity index (χ4v) is 2.15. The van der Waals surface area contributed by atoms with Gasteiger partial charge in [-0.15, -0.1) is 0 Å². The van der Waals surface area contributed by atoms with E-state index in [0.29, 0.717) is 6.54 Å². The predicted octanol–water partition coefficient (Wildman–Crippen LogP) is 2.89. The first-order valence-corrected chi connectivity index (χ1v) is 5.85. The van der Waals surface area contributed by atoms with Crippen molar-refractivity contribution >= 4 is 21.8 Å². The van der Waals surface area contributed by atoms with E-state index in [1.54, 1.807) is 0 Å². The number of aromatic nitrogens is 1. The second-order valence-corrected chi connectivity index (χ2v) is 4.25. The second-order valence-electron chi connectivity index (χ2n) is 4.25. The Kier molecular flexibility index (Phi) is 2.50. The van der Waals surface area contributed by atoms with E-state index in [9.17, 15) is 0 Å². The summed E-state index contributed by atoms with van der Waals surface area (Å²) in [5.74, 6) is 0. The van der Waals surface area contributed by atoms with E-state index in [4.69, 9.17) is 5.73 Å². The van der Waals surface area contributed by atoms with Crippen molar-refractivity contribution in [2.45, 2.75) is 6.42 Å². The number of nitrogens with zero attached hydrogens (tertiary/aromatic N) is 1. The molecule has 2 heteroatoms. The Balaban J connectivity index is 2.25. The lowest BCUT2D eigenvalue weighted by Gasteiger charge is -2.04. The van der Waals surface area contributed by atoms with Crippen LogP contribution in [0.25, 0.3) is 21.8 Å². The summed E-state index contributed by atoms with van der Waals surface area (Å²) in [6.45, 7) is 0.687. The van der Waals surface area contributed by atoms with Crippen LogP contribution in [0, 0.1) is 0 Å². The van der Waals surface area contributed by atoms with E-state index in [1.807, 2.05) is 18.2 Å². The fraction of sp³-hybridized carbons (Fsp3) is 0.133. The summed E-state index contributed by atoms with van der Waals surface area (Å²) in [4.78, 5) is 4.65. The molecule has 1 heterocycles. The van der Waals surface area contributed by atoms with Crippen molar-refractivity contribution in [3.05, 3.63) is 54.1 Å². The molecule has 3 rings (SSSR count). The molecule has 0 saturated carbocycles. The van der Waals surface area contributed by atoms with Crippen LogP contribution < -0.4 is 5.73 Å². The van der Waals surface area contributed by atoms with Crippen molar-refractivity contribution in [3.63, 3.8) is 0 Å². The minimum atomic E-state index is 0.687. The Morgan fingerprint density at radius 2 is 1.71 bits per heavy atom. The van der Waals surface area contributed by atoms with Gasteiger partial charge in [-0.05, 0) is 42.8 Å². The van der Waals surface area contributed by atoms with E-state index in [0.717, 1.165) is 17.5 Å². The van der Waals surface area contributed by atoms with E-state index in [2.05, 4.69) is 35.3 Å². The maximum atomic E-state index is 5.58. The van der Waals surface area contributed by atoms with Crippen LogP contribution in [0.2, 0.25) is 0 Å². The minimum absolute atomic E-state index is 0.687. The second kappa shape index (κ2) is 4.15. The number of fused-ring (bicyclic) bond motifs is 2. The van der Waals surface area contributed by atoms with E-state index >= 15 is 0 Å². The number of nitrogens with two attached hydrogens (primary N) is 1. The fourth-order valence-electron chi connectivity index (χ4n) is 2.15. The Bertz CT molecular complexity index is 674. The molecule has 0 radical (unpaired) electrons. The van der Waals surface area contributed by atoms with Crippen LogP contribution in [0.4, 0.5) is 0 Å². The summed E-state index contributed by atoms with van der Waals surface area (Å²) in [5.41, 5.74) is 8.95. The van der Waals surface area contributed by atoms with E-state index < -0.39 is 0 Å². The summed E-state index contributed by atoms with van der Waals surface area (Å²) in [6.07, 6.45) is 0.919. The Morgan fingerprint density at radius 3 is 2.59 bits per heavy atom. The summed E-state index contributed by atoms with van der Waals surface area (Å²) in [6, 6.07) is 16.8. The predicted molar refractivity (Wildman–Crippen MR) is 72.0 cm³/mol. The smallest absolute Gasteiger partial charge is 0.0709 e. The molecule has 0 fully saturated rings. The van der Waals surface area contributed by atoms with Gasteiger partial charge in [-0.3, -0.25) is 0 Å². The van der Waals surface area contributed by atoms with Crippen molar-refractivity contribution in [1.82, 2.24) is 4.98 Å². The van der Waals surface area contributed by atoms with Gasteiger partial charge < -0.3 is 5.73 Å². The molecule has 2 aromatic carbocycles. The van der Waals surface area contributed by atoms with Gasteiger partial charge in [-0.2, -0.15) is 0 Å². The van der Waals surface area contributed by atoms with Crippen molar-refractivity contribution in [2.75, 3.05) is 6.54 Å².